The highest BCUT2D eigenvalue weighted by Crippen LogP contribution is 1.92. The molecule has 0 aliphatic carbocycles. The average molecular weight is 297 g/mol. The molecular weight excluding hydrogens is 282 g/mol. The molecule has 0 spiro atoms. The van der Waals surface area contributed by atoms with Gasteiger partial charge in [-0.1, -0.05) is 0 Å². The fourth-order valence-electron chi connectivity index (χ4n) is 0.985. The van der Waals surface area contributed by atoms with E-state index in [4.69, 9.17) is 10.2 Å². The first-order valence-corrected chi connectivity index (χ1v) is 6.73. The van der Waals surface area contributed by atoms with E-state index in [2.05, 4.69) is 5.32 Å². The fourth-order valence-corrected chi connectivity index (χ4v) is 1.56. The molecule has 0 aromatic heterocycles. The van der Waals surface area contributed by atoms with Gasteiger partial charge in [0, 0.05) is 6.54 Å². The van der Waals surface area contributed by atoms with Crippen LogP contribution in [0.25, 0.3) is 0 Å². The standard InChI is InChI=1S/C8H15N3O7S/c1-9-19(17,18)3-2-10-8(16)11-5(7(14)15)4-6(12)13/h5,9H,2-4H2,1H3,(H,12,13)(H,14,15)(H2,10,11,16). The van der Waals surface area contributed by atoms with Gasteiger partial charge in [0.15, 0.2) is 0 Å². The fraction of sp³-hybridized carbons (Fsp3) is 0.625. The van der Waals surface area contributed by atoms with E-state index in [-0.39, 0.29) is 12.3 Å². The largest absolute Gasteiger partial charge is 0.481 e. The van der Waals surface area contributed by atoms with E-state index in [1.807, 2.05) is 10.0 Å². The lowest BCUT2D eigenvalue weighted by atomic mass is 10.2. The molecule has 0 aliphatic heterocycles. The molecule has 110 valence electrons. The van der Waals surface area contributed by atoms with E-state index in [1.54, 1.807) is 0 Å². The van der Waals surface area contributed by atoms with Gasteiger partial charge in [0.2, 0.25) is 10.0 Å². The average Bonchev–Trinajstić information content (AvgIpc) is 2.27. The van der Waals surface area contributed by atoms with Crippen LogP contribution in [0.4, 0.5) is 4.79 Å². The third-order valence-corrected chi connectivity index (χ3v) is 3.31. The predicted octanol–water partition coefficient (Wildman–Crippen LogP) is -2.24. The van der Waals surface area contributed by atoms with Crippen molar-refractivity contribution in [2.75, 3.05) is 19.3 Å². The smallest absolute Gasteiger partial charge is 0.326 e. The second-order valence-corrected chi connectivity index (χ2v) is 5.46. The molecule has 5 N–H and O–H groups in total. The van der Waals surface area contributed by atoms with Crippen LogP contribution >= 0.6 is 0 Å². The summed E-state index contributed by atoms with van der Waals surface area (Å²) in [5.41, 5.74) is 0. The van der Waals surface area contributed by atoms with Gasteiger partial charge >= 0.3 is 18.0 Å². The van der Waals surface area contributed by atoms with E-state index < -0.39 is 40.5 Å². The maximum absolute atomic E-state index is 11.2. The van der Waals surface area contributed by atoms with Gasteiger partial charge in [-0.25, -0.2) is 22.7 Å². The number of hydrogen-bond donors (Lipinski definition) is 5. The number of amides is 2. The molecule has 0 radical (unpaired) electrons. The Hall–Kier alpha value is -1.88. The zero-order valence-corrected chi connectivity index (χ0v) is 10.9. The van der Waals surface area contributed by atoms with Crippen LogP contribution in [0.5, 0.6) is 0 Å². The summed E-state index contributed by atoms with van der Waals surface area (Å²) >= 11 is 0. The second kappa shape index (κ2) is 7.53. The molecule has 0 aromatic rings. The Morgan fingerprint density at radius 2 is 1.79 bits per heavy atom. The molecule has 0 fully saturated rings. The molecule has 11 heteroatoms. The van der Waals surface area contributed by atoms with Crippen molar-refractivity contribution in [3.63, 3.8) is 0 Å². The molecule has 10 nitrogen and oxygen atoms in total. The number of aliphatic carboxylic acids is 2. The van der Waals surface area contributed by atoms with Gasteiger partial charge in [-0.2, -0.15) is 0 Å². The van der Waals surface area contributed by atoms with Crippen molar-refractivity contribution >= 4 is 28.0 Å². The minimum absolute atomic E-state index is 0.242. The number of hydrogen-bond acceptors (Lipinski definition) is 5. The SMILES string of the molecule is CNS(=O)(=O)CCNC(=O)NC(CC(=O)O)C(=O)O. The van der Waals surface area contributed by atoms with Crippen molar-refractivity contribution in [1.29, 1.82) is 0 Å². The van der Waals surface area contributed by atoms with Gasteiger partial charge in [0.1, 0.15) is 6.04 Å². The first kappa shape index (κ1) is 17.1. The van der Waals surface area contributed by atoms with Crippen molar-refractivity contribution in [2.24, 2.45) is 0 Å². The van der Waals surface area contributed by atoms with Crippen molar-refractivity contribution < 1.29 is 33.0 Å². The number of urea groups is 1. The third-order valence-electron chi connectivity index (χ3n) is 1.95. The number of nitrogens with one attached hydrogen (secondary N) is 3. The minimum Gasteiger partial charge on any atom is -0.481 e. The van der Waals surface area contributed by atoms with Gasteiger partial charge in [-0.15, -0.1) is 0 Å². The normalized spacial score (nSPS) is 12.5. The third kappa shape index (κ3) is 7.94. The van der Waals surface area contributed by atoms with E-state index in [0.29, 0.717) is 0 Å². The monoisotopic (exact) mass is 297 g/mol. The Morgan fingerprint density at radius 1 is 1.21 bits per heavy atom. The number of carbonyl (C=O) groups excluding carboxylic acids is 1. The van der Waals surface area contributed by atoms with Crippen LogP contribution in [-0.4, -0.2) is 62.0 Å². The van der Waals surface area contributed by atoms with E-state index in [1.165, 1.54) is 7.05 Å². The Morgan fingerprint density at radius 3 is 2.21 bits per heavy atom. The zero-order valence-electron chi connectivity index (χ0n) is 10.0. The van der Waals surface area contributed by atoms with Gasteiger partial charge in [-0.3, -0.25) is 4.79 Å². The molecule has 0 bridgehead atoms. The van der Waals surface area contributed by atoms with Crippen molar-refractivity contribution in [1.82, 2.24) is 15.4 Å². The van der Waals surface area contributed by atoms with Crippen LogP contribution < -0.4 is 15.4 Å². The van der Waals surface area contributed by atoms with Gasteiger partial charge < -0.3 is 20.8 Å². The maximum atomic E-state index is 11.2. The molecule has 2 amide bonds. The Balaban J connectivity index is 4.21. The lowest BCUT2D eigenvalue weighted by Gasteiger charge is -2.13. The number of sulfonamides is 1. The molecular formula is C8H15N3O7S. The zero-order chi connectivity index (χ0) is 15.1. The summed E-state index contributed by atoms with van der Waals surface area (Å²) in [4.78, 5) is 32.2. The summed E-state index contributed by atoms with van der Waals surface area (Å²) in [6, 6.07) is -2.54. The Labute approximate surface area is 109 Å². The lowest BCUT2D eigenvalue weighted by Crippen LogP contribution is -2.48. The van der Waals surface area contributed by atoms with Crippen molar-refractivity contribution in [3.05, 3.63) is 0 Å². The molecule has 0 rings (SSSR count). The molecule has 0 aliphatic rings. The number of rotatable bonds is 8. The van der Waals surface area contributed by atoms with Crippen LogP contribution in [0.15, 0.2) is 0 Å². The van der Waals surface area contributed by atoms with E-state index in [9.17, 15) is 22.8 Å². The molecule has 0 heterocycles. The van der Waals surface area contributed by atoms with Crippen molar-refractivity contribution in [2.45, 2.75) is 12.5 Å². The van der Waals surface area contributed by atoms with Crippen LogP contribution in [0.2, 0.25) is 0 Å². The highest BCUT2D eigenvalue weighted by molar-refractivity contribution is 7.89. The lowest BCUT2D eigenvalue weighted by molar-refractivity contribution is -0.145. The molecule has 0 aromatic carbocycles. The minimum atomic E-state index is -3.48. The Kier molecular flexibility index (Phi) is 6.79. The summed E-state index contributed by atoms with van der Waals surface area (Å²) in [7, 11) is -2.27. The molecule has 1 unspecified atom stereocenters. The van der Waals surface area contributed by atoms with E-state index in [0.717, 1.165) is 0 Å². The van der Waals surface area contributed by atoms with E-state index >= 15 is 0 Å². The first-order chi connectivity index (χ1) is 8.68. The van der Waals surface area contributed by atoms with Crippen molar-refractivity contribution in [3.8, 4) is 0 Å². The molecule has 19 heavy (non-hydrogen) atoms. The van der Waals surface area contributed by atoms with Gasteiger partial charge in [0.05, 0.1) is 12.2 Å². The summed E-state index contributed by atoms with van der Waals surface area (Å²) in [5.74, 6) is -3.26. The van der Waals surface area contributed by atoms with Crippen LogP contribution in [0, 0.1) is 0 Å². The number of carbonyl (C=O) groups is 3. The highest BCUT2D eigenvalue weighted by atomic mass is 32.2. The maximum Gasteiger partial charge on any atom is 0.326 e. The molecule has 1 atom stereocenters. The summed E-state index contributed by atoms with van der Waals surface area (Å²) in [6.45, 7) is -0.242. The van der Waals surface area contributed by atoms with Gasteiger partial charge in [0.25, 0.3) is 0 Å². The Bertz CT molecular complexity index is 447. The van der Waals surface area contributed by atoms with Crippen LogP contribution in [0.3, 0.4) is 0 Å². The number of carboxylic acid groups (broad SMARTS) is 2. The quantitative estimate of drug-likeness (QED) is 0.338. The highest BCUT2D eigenvalue weighted by Gasteiger charge is 2.22. The van der Waals surface area contributed by atoms with Gasteiger partial charge in [-0.05, 0) is 7.05 Å². The second-order valence-electron chi connectivity index (χ2n) is 3.41. The number of carboxylic acids is 2. The van der Waals surface area contributed by atoms with Crippen LogP contribution in [0.1, 0.15) is 6.42 Å². The summed E-state index contributed by atoms with van der Waals surface area (Å²) in [6.07, 6.45) is -0.780. The summed E-state index contributed by atoms with van der Waals surface area (Å²) < 4.78 is 24.0. The topological polar surface area (TPSA) is 162 Å². The molecule has 0 saturated heterocycles. The molecule has 0 saturated carbocycles. The van der Waals surface area contributed by atoms with Crippen LogP contribution in [-0.2, 0) is 19.6 Å². The summed E-state index contributed by atoms with van der Waals surface area (Å²) in [5, 5.41) is 21.1. The predicted molar refractivity (Wildman–Crippen MR) is 63.1 cm³/mol. The first-order valence-electron chi connectivity index (χ1n) is 5.08.